The number of ether oxygens (including phenoxy) is 2. The highest BCUT2D eigenvalue weighted by molar-refractivity contribution is 6.04. The number of carbonyl (C=O) groups is 3. The number of anilines is 1. The summed E-state index contributed by atoms with van der Waals surface area (Å²) < 4.78 is 10.8. The summed E-state index contributed by atoms with van der Waals surface area (Å²) >= 11 is 0. The smallest absolute Gasteiger partial charge is 0.325 e. The van der Waals surface area contributed by atoms with E-state index in [1.165, 1.54) is 0 Å². The van der Waals surface area contributed by atoms with Gasteiger partial charge in [0.25, 0.3) is 11.8 Å². The minimum atomic E-state index is -0.557. The van der Waals surface area contributed by atoms with Gasteiger partial charge in [0.2, 0.25) is 0 Å². The molecule has 176 valence electrons. The van der Waals surface area contributed by atoms with Crippen LogP contribution in [0.15, 0.2) is 78.9 Å². The maximum Gasteiger partial charge on any atom is 0.325 e. The van der Waals surface area contributed by atoms with Gasteiger partial charge in [0.05, 0.1) is 6.61 Å². The second-order valence-corrected chi connectivity index (χ2v) is 7.59. The van der Waals surface area contributed by atoms with E-state index in [2.05, 4.69) is 17.6 Å². The van der Waals surface area contributed by atoms with Crippen LogP contribution >= 0.6 is 0 Å². The van der Waals surface area contributed by atoms with Gasteiger partial charge in [0.15, 0.2) is 0 Å². The molecule has 7 nitrogen and oxygen atoms in total. The summed E-state index contributed by atoms with van der Waals surface area (Å²) in [5.41, 5.74) is 2.37. The third-order valence-corrected chi connectivity index (χ3v) is 4.92. The molecule has 3 rings (SSSR count). The number of hydrogen-bond acceptors (Lipinski definition) is 5. The number of hydrogen-bond donors (Lipinski definition) is 2. The first kappa shape index (κ1) is 24.5. The summed E-state index contributed by atoms with van der Waals surface area (Å²) in [5.74, 6) is -0.449. The summed E-state index contributed by atoms with van der Waals surface area (Å²) in [4.78, 5) is 36.5. The van der Waals surface area contributed by atoms with Crippen molar-refractivity contribution in [1.29, 1.82) is 0 Å². The minimum absolute atomic E-state index is 0.0408. The molecule has 0 atom stereocenters. The van der Waals surface area contributed by atoms with Crippen molar-refractivity contribution < 1.29 is 23.9 Å². The van der Waals surface area contributed by atoms with Crippen molar-refractivity contribution >= 4 is 23.5 Å². The lowest BCUT2D eigenvalue weighted by Gasteiger charge is -2.09. The highest BCUT2D eigenvalue weighted by atomic mass is 16.5. The van der Waals surface area contributed by atoms with Crippen LogP contribution < -0.4 is 15.4 Å². The number of rotatable bonds is 11. The first-order valence-corrected chi connectivity index (χ1v) is 11.2. The van der Waals surface area contributed by atoms with Crippen LogP contribution in [0.25, 0.3) is 0 Å². The Hall–Kier alpha value is -4.13. The fourth-order valence-corrected chi connectivity index (χ4v) is 2.98. The second-order valence-electron chi connectivity index (χ2n) is 7.59. The van der Waals surface area contributed by atoms with Gasteiger partial charge < -0.3 is 20.1 Å². The highest BCUT2D eigenvalue weighted by Gasteiger charge is 2.10. The van der Waals surface area contributed by atoms with Gasteiger partial charge in [-0.2, -0.15) is 0 Å². The Morgan fingerprint density at radius 1 is 0.794 bits per heavy atom. The zero-order valence-electron chi connectivity index (χ0n) is 19.1. The van der Waals surface area contributed by atoms with Crippen LogP contribution in [-0.2, 0) is 16.1 Å². The molecule has 0 heterocycles. The van der Waals surface area contributed by atoms with Gasteiger partial charge in [0, 0.05) is 16.8 Å². The SMILES string of the molecule is CCCCOc1ccc(C(=O)NCC(=O)OCc2ccc(C(=O)Nc3ccccc3)cc2)cc1. The molecule has 0 aliphatic carbocycles. The van der Waals surface area contributed by atoms with Crippen molar-refractivity contribution in [3.63, 3.8) is 0 Å². The standard InChI is InChI=1S/C27H28N2O5/c1-2-3-17-33-24-15-13-21(14-16-24)26(31)28-18-25(30)34-19-20-9-11-22(12-10-20)27(32)29-23-7-5-4-6-8-23/h4-16H,2-3,17-19H2,1H3,(H,28,31)(H,29,32). The molecule has 7 heteroatoms. The number of carbonyl (C=O) groups excluding carboxylic acids is 3. The lowest BCUT2D eigenvalue weighted by Crippen LogP contribution is -2.30. The molecule has 0 unspecified atom stereocenters. The third-order valence-electron chi connectivity index (χ3n) is 4.92. The molecule has 2 amide bonds. The van der Waals surface area contributed by atoms with Crippen molar-refractivity contribution in [2.75, 3.05) is 18.5 Å². The molecule has 0 aliphatic heterocycles. The van der Waals surface area contributed by atoms with Crippen LogP contribution in [0.3, 0.4) is 0 Å². The molecule has 0 aromatic heterocycles. The minimum Gasteiger partial charge on any atom is -0.494 e. The highest BCUT2D eigenvalue weighted by Crippen LogP contribution is 2.13. The molecule has 0 saturated carbocycles. The van der Waals surface area contributed by atoms with Gasteiger partial charge in [-0.15, -0.1) is 0 Å². The largest absolute Gasteiger partial charge is 0.494 e. The summed E-state index contributed by atoms with van der Waals surface area (Å²) in [5, 5.41) is 5.36. The van der Waals surface area contributed by atoms with Crippen molar-refractivity contribution in [2.24, 2.45) is 0 Å². The molecular formula is C27H28N2O5. The second kappa shape index (κ2) is 12.8. The summed E-state index contributed by atoms with van der Waals surface area (Å²) in [6, 6.07) is 22.7. The lowest BCUT2D eigenvalue weighted by molar-refractivity contribution is -0.143. The van der Waals surface area contributed by atoms with Crippen LogP contribution in [0.1, 0.15) is 46.0 Å². The van der Waals surface area contributed by atoms with E-state index >= 15 is 0 Å². The zero-order valence-corrected chi connectivity index (χ0v) is 19.1. The maximum atomic E-state index is 12.3. The first-order valence-electron chi connectivity index (χ1n) is 11.2. The van der Waals surface area contributed by atoms with Gasteiger partial charge in [0.1, 0.15) is 18.9 Å². The van der Waals surface area contributed by atoms with E-state index in [-0.39, 0.29) is 25.0 Å². The summed E-state index contributed by atoms with van der Waals surface area (Å²) in [7, 11) is 0. The molecule has 3 aromatic rings. The Labute approximate surface area is 199 Å². The Balaban J connectivity index is 1.39. The van der Waals surface area contributed by atoms with Gasteiger partial charge in [-0.05, 0) is 60.5 Å². The molecule has 0 aliphatic rings. The third kappa shape index (κ3) is 7.78. The quantitative estimate of drug-likeness (QED) is 0.322. The molecule has 3 aromatic carbocycles. The Morgan fingerprint density at radius 2 is 1.44 bits per heavy atom. The van der Waals surface area contributed by atoms with Crippen LogP contribution in [0.2, 0.25) is 0 Å². The van der Waals surface area contributed by atoms with E-state index < -0.39 is 5.97 Å². The van der Waals surface area contributed by atoms with E-state index in [9.17, 15) is 14.4 Å². The molecule has 34 heavy (non-hydrogen) atoms. The normalized spacial score (nSPS) is 10.3. The van der Waals surface area contributed by atoms with Gasteiger partial charge in [-0.3, -0.25) is 14.4 Å². The van der Waals surface area contributed by atoms with Gasteiger partial charge in [-0.1, -0.05) is 43.7 Å². The average Bonchev–Trinajstić information content (AvgIpc) is 2.87. The van der Waals surface area contributed by atoms with E-state index in [1.54, 1.807) is 48.5 Å². The van der Waals surface area contributed by atoms with Crippen LogP contribution in [0.5, 0.6) is 5.75 Å². The van der Waals surface area contributed by atoms with Crippen LogP contribution in [0.4, 0.5) is 5.69 Å². The predicted molar refractivity (Wildman–Crippen MR) is 130 cm³/mol. The molecule has 0 fully saturated rings. The molecule has 0 bridgehead atoms. The van der Waals surface area contributed by atoms with E-state index in [0.717, 1.165) is 18.4 Å². The summed E-state index contributed by atoms with van der Waals surface area (Å²) in [6.45, 7) is 2.52. The maximum absolute atomic E-state index is 12.3. The molecule has 0 spiro atoms. The molecule has 0 radical (unpaired) electrons. The van der Waals surface area contributed by atoms with Gasteiger partial charge in [-0.25, -0.2) is 0 Å². The van der Waals surface area contributed by atoms with Crippen molar-refractivity contribution in [3.05, 3.63) is 95.6 Å². The number of esters is 1. The van der Waals surface area contributed by atoms with Crippen molar-refractivity contribution in [1.82, 2.24) is 5.32 Å². The Morgan fingerprint density at radius 3 is 2.12 bits per heavy atom. The van der Waals surface area contributed by atoms with E-state index in [1.807, 2.05) is 30.3 Å². The molecule has 2 N–H and O–H groups in total. The Bertz CT molecular complexity index is 1080. The average molecular weight is 461 g/mol. The molecule has 0 saturated heterocycles. The molecular weight excluding hydrogens is 432 g/mol. The van der Waals surface area contributed by atoms with E-state index in [4.69, 9.17) is 9.47 Å². The van der Waals surface area contributed by atoms with Gasteiger partial charge >= 0.3 is 5.97 Å². The summed E-state index contributed by atoms with van der Waals surface area (Å²) in [6.07, 6.45) is 2.02. The zero-order chi connectivity index (χ0) is 24.2. The van der Waals surface area contributed by atoms with Crippen molar-refractivity contribution in [2.45, 2.75) is 26.4 Å². The van der Waals surface area contributed by atoms with Crippen LogP contribution in [0, 0.1) is 0 Å². The van der Waals surface area contributed by atoms with E-state index in [0.29, 0.717) is 29.2 Å². The number of benzene rings is 3. The fourth-order valence-electron chi connectivity index (χ4n) is 2.98. The van der Waals surface area contributed by atoms with Crippen LogP contribution in [-0.4, -0.2) is 30.9 Å². The van der Waals surface area contributed by atoms with Crippen molar-refractivity contribution in [3.8, 4) is 5.75 Å². The number of amides is 2. The Kier molecular flexibility index (Phi) is 9.22. The fraction of sp³-hybridized carbons (Fsp3) is 0.222. The number of para-hydroxylation sites is 1. The number of nitrogens with one attached hydrogen (secondary N) is 2. The topological polar surface area (TPSA) is 93.7 Å². The monoisotopic (exact) mass is 460 g/mol. The number of unbranched alkanes of at least 4 members (excludes halogenated alkanes) is 1. The first-order chi connectivity index (χ1) is 16.5. The predicted octanol–water partition coefficient (Wildman–Crippen LogP) is 4.59. The lowest BCUT2D eigenvalue weighted by atomic mass is 10.1.